The molecule has 41 heavy (non-hydrogen) atoms. The van der Waals surface area contributed by atoms with Crippen LogP contribution >= 0.6 is 0 Å². The Balaban J connectivity index is 5.64. The van der Waals surface area contributed by atoms with Gasteiger partial charge in [0.25, 0.3) is 0 Å². The van der Waals surface area contributed by atoms with Crippen LogP contribution in [0.5, 0.6) is 0 Å². The van der Waals surface area contributed by atoms with Crippen molar-refractivity contribution in [3.05, 3.63) is 0 Å². The quantitative estimate of drug-likeness (QED) is 0.0712. The van der Waals surface area contributed by atoms with Crippen molar-refractivity contribution < 1.29 is 15.3 Å². The van der Waals surface area contributed by atoms with E-state index in [4.69, 9.17) is 0 Å². The number of aliphatic hydroxyl groups is 3. The molecular formula is C38H78O3. The Hall–Kier alpha value is -0.120. The molecule has 0 saturated carbocycles. The predicted octanol–water partition coefficient (Wildman–Crippen LogP) is 11.5. The highest BCUT2D eigenvalue weighted by Gasteiger charge is 2.52. The van der Waals surface area contributed by atoms with Gasteiger partial charge >= 0.3 is 0 Å². The van der Waals surface area contributed by atoms with Crippen molar-refractivity contribution in [3.63, 3.8) is 0 Å². The maximum Gasteiger partial charge on any atom is 0.119 e. The molecule has 3 heteroatoms. The topological polar surface area (TPSA) is 60.7 Å². The first-order valence-electron chi connectivity index (χ1n) is 19.0. The minimum Gasteiger partial charge on any atom is -0.390 e. The maximum absolute atomic E-state index is 12.6. The number of aliphatic hydroxyl groups excluding tert-OH is 2. The average molecular weight is 583 g/mol. The summed E-state index contributed by atoms with van der Waals surface area (Å²) in [5.41, 5.74) is -1.43. The molecule has 3 N–H and O–H groups in total. The monoisotopic (exact) mass is 583 g/mol. The van der Waals surface area contributed by atoms with Gasteiger partial charge in [0.15, 0.2) is 0 Å². The maximum atomic E-state index is 12.6. The molecule has 0 aromatic heterocycles. The molecule has 0 bridgehead atoms. The molecule has 3 nitrogen and oxygen atoms in total. The molecule has 0 fully saturated rings. The summed E-state index contributed by atoms with van der Waals surface area (Å²) >= 11 is 0. The summed E-state index contributed by atoms with van der Waals surface area (Å²) in [6.07, 6.45) is 28.1. The summed E-state index contributed by atoms with van der Waals surface area (Å²) in [6, 6.07) is 0. The molecule has 0 amide bonds. The minimum absolute atomic E-state index is 0.0613. The second-order valence-electron chi connectivity index (χ2n) is 13.6. The number of unbranched alkanes of at least 4 members (excludes halogenated alkanes) is 15. The molecule has 6 unspecified atom stereocenters. The average Bonchev–Trinajstić information content (AvgIpc) is 2.98. The SMILES string of the molecule is CCCCCCCCCCCCC(CCCC)C(O)C(O)(C(CC)CCCC)C(O)C(CCCC)CCCCCC. The highest BCUT2D eigenvalue weighted by Crippen LogP contribution is 2.42. The van der Waals surface area contributed by atoms with Crippen LogP contribution in [0.2, 0.25) is 0 Å². The fourth-order valence-electron chi connectivity index (χ4n) is 7.21. The molecule has 0 rings (SSSR count). The first kappa shape index (κ1) is 40.9. The normalized spacial score (nSPS) is 17.2. The van der Waals surface area contributed by atoms with Crippen LogP contribution in [0.15, 0.2) is 0 Å². The highest BCUT2D eigenvalue weighted by atomic mass is 16.4. The summed E-state index contributed by atoms with van der Waals surface area (Å²) in [7, 11) is 0. The lowest BCUT2D eigenvalue weighted by molar-refractivity contribution is -0.211. The van der Waals surface area contributed by atoms with Gasteiger partial charge in [0.2, 0.25) is 0 Å². The fourth-order valence-corrected chi connectivity index (χ4v) is 7.21. The van der Waals surface area contributed by atoms with E-state index in [0.717, 1.165) is 89.9 Å². The summed E-state index contributed by atoms with van der Waals surface area (Å²) in [5, 5.41) is 36.9. The summed E-state index contributed by atoms with van der Waals surface area (Å²) < 4.78 is 0. The lowest BCUT2D eigenvalue weighted by Crippen LogP contribution is -2.61. The van der Waals surface area contributed by atoms with Crippen LogP contribution in [0, 0.1) is 17.8 Å². The zero-order valence-electron chi connectivity index (χ0n) is 29.1. The second kappa shape index (κ2) is 27.4. The van der Waals surface area contributed by atoms with Gasteiger partial charge in [0, 0.05) is 0 Å². The summed E-state index contributed by atoms with van der Waals surface area (Å²) in [5.74, 6) is 0.0570. The Morgan fingerprint density at radius 1 is 0.390 bits per heavy atom. The Morgan fingerprint density at radius 2 is 0.683 bits per heavy atom. The van der Waals surface area contributed by atoms with Crippen molar-refractivity contribution in [2.24, 2.45) is 17.8 Å². The van der Waals surface area contributed by atoms with E-state index in [2.05, 4.69) is 41.5 Å². The van der Waals surface area contributed by atoms with Crippen LogP contribution in [0.25, 0.3) is 0 Å². The van der Waals surface area contributed by atoms with E-state index in [0.29, 0.717) is 0 Å². The zero-order chi connectivity index (χ0) is 30.8. The molecule has 0 aromatic rings. The molecule has 0 heterocycles. The standard InChI is InChI=1S/C38H78O3/c1-7-13-18-20-21-22-23-24-25-27-31-34(29-16-10-4)37(40)38(41,35(12-6)32-17-11-5)36(39)33(28-15-9-3)30-26-19-14-8-2/h33-37,39-41H,7-32H2,1-6H3. The summed E-state index contributed by atoms with van der Waals surface area (Å²) in [6.45, 7) is 13.3. The van der Waals surface area contributed by atoms with Crippen LogP contribution in [0.3, 0.4) is 0 Å². The van der Waals surface area contributed by atoms with E-state index in [-0.39, 0.29) is 17.8 Å². The number of rotatable bonds is 31. The van der Waals surface area contributed by atoms with Crippen LogP contribution in [0.4, 0.5) is 0 Å². The van der Waals surface area contributed by atoms with E-state index < -0.39 is 17.8 Å². The molecule has 0 saturated heterocycles. The van der Waals surface area contributed by atoms with Crippen molar-refractivity contribution >= 4 is 0 Å². The largest absolute Gasteiger partial charge is 0.390 e. The molecule has 0 aliphatic rings. The molecule has 248 valence electrons. The summed E-state index contributed by atoms with van der Waals surface area (Å²) in [4.78, 5) is 0. The lowest BCUT2D eigenvalue weighted by atomic mass is 9.65. The van der Waals surface area contributed by atoms with Gasteiger partial charge < -0.3 is 15.3 Å². The molecule has 6 atom stereocenters. The van der Waals surface area contributed by atoms with Gasteiger partial charge in [-0.2, -0.15) is 0 Å². The van der Waals surface area contributed by atoms with Crippen molar-refractivity contribution in [3.8, 4) is 0 Å². The van der Waals surface area contributed by atoms with Crippen molar-refractivity contribution in [2.45, 2.75) is 226 Å². The van der Waals surface area contributed by atoms with E-state index in [1.807, 2.05) is 0 Å². The third-order valence-electron chi connectivity index (χ3n) is 10.1. The van der Waals surface area contributed by atoms with Crippen molar-refractivity contribution in [1.29, 1.82) is 0 Å². The Morgan fingerprint density at radius 3 is 1.05 bits per heavy atom. The van der Waals surface area contributed by atoms with Crippen LogP contribution in [-0.2, 0) is 0 Å². The molecule has 0 aliphatic carbocycles. The van der Waals surface area contributed by atoms with Crippen molar-refractivity contribution in [2.75, 3.05) is 0 Å². The van der Waals surface area contributed by atoms with E-state index >= 15 is 0 Å². The third-order valence-corrected chi connectivity index (χ3v) is 10.1. The first-order valence-corrected chi connectivity index (χ1v) is 19.0. The van der Waals surface area contributed by atoms with E-state index in [1.165, 1.54) is 77.0 Å². The highest BCUT2D eigenvalue weighted by molar-refractivity contribution is 5.02. The zero-order valence-corrected chi connectivity index (χ0v) is 29.1. The second-order valence-corrected chi connectivity index (χ2v) is 13.6. The first-order chi connectivity index (χ1) is 19.9. The van der Waals surface area contributed by atoms with E-state index in [9.17, 15) is 15.3 Å². The Bertz CT molecular complexity index is 538. The molecule has 0 spiro atoms. The smallest absolute Gasteiger partial charge is 0.119 e. The van der Waals surface area contributed by atoms with Gasteiger partial charge in [-0.15, -0.1) is 0 Å². The van der Waals surface area contributed by atoms with E-state index in [1.54, 1.807) is 0 Å². The van der Waals surface area contributed by atoms with Gasteiger partial charge in [-0.05, 0) is 49.9 Å². The predicted molar refractivity (Wildman–Crippen MR) is 182 cm³/mol. The Kier molecular flexibility index (Phi) is 27.4. The molecule has 0 aliphatic heterocycles. The van der Waals surface area contributed by atoms with Gasteiger partial charge in [-0.1, -0.05) is 176 Å². The van der Waals surface area contributed by atoms with Crippen LogP contribution in [-0.4, -0.2) is 33.1 Å². The van der Waals surface area contributed by atoms with Gasteiger partial charge in [0.1, 0.15) is 5.60 Å². The number of hydrogen-bond acceptors (Lipinski definition) is 3. The van der Waals surface area contributed by atoms with Gasteiger partial charge in [-0.25, -0.2) is 0 Å². The minimum atomic E-state index is -1.43. The Labute approximate surface area is 259 Å². The molecule has 0 radical (unpaired) electrons. The van der Waals surface area contributed by atoms with Crippen LogP contribution < -0.4 is 0 Å². The number of hydrogen-bond donors (Lipinski definition) is 3. The van der Waals surface area contributed by atoms with Crippen LogP contribution in [0.1, 0.15) is 208 Å². The molecular weight excluding hydrogens is 504 g/mol. The third kappa shape index (κ3) is 17.1. The fraction of sp³-hybridized carbons (Fsp3) is 1.00. The lowest BCUT2D eigenvalue weighted by Gasteiger charge is -2.48. The van der Waals surface area contributed by atoms with Gasteiger partial charge in [-0.3, -0.25) is 0 Å². The van der Waals surface area contributed by atoms with Gasteiger partial charge in [0.05, 0.1) is 12.2 Å². The molecule has 0 aromatic carbocycles. The van der Waals surface area contributed by atoms with Crippen molar-refractivity contribution in [1.82, 2.24) is 0 Å².